The maximum Gasteiger partial charge on any atom is 0.261 e. The lowest BCUT2D eigenvalue weighted by Crippen LogP contribution is -2.32. The van der Waals surface area contributed by atoms with Crippen molar-refractivity contribution in [2.75, 3.05) is 26.3 Å². The van der Waals surface area contributed by atoms with E-state index in [1.807, 2.05) is 0 Å². The molecule has 5 heteroatoms. The SMILES string of the molecule is FC(F)COCCNCC1CCC2(CCCC2)O1. The maximum atomic E-state index is 11.8. The van der Waals surface area contributed by atoms with Crippen LogP contribution in [0.3, 0.4) is 0 Å². The second-order valence-corrected chi connectivity index (χ2v) is 5.34. The summed E-state index contributed by atoms with van der Waals surface area (Å²) in [5, 5.41) is 3.21. The molecule has 18 heavy (non-hydrogen) atoms. The van der Waals surface area contributed by atoms with Gasteiger partial charge in [-0.15, -0.1) is 0 Å². The van der Waals surface area contributed by atoms with Crippen molar-refractivity contribution in [1.29, 1.82) is 0 Å². The first kappa shape index (κ1) is 14.2. The van der Waals surface area contributed by atoms with Crippen molar-refractivity contribution in [3.63, 3.8) is 0 Å². The van der Waals surface area contributed by atoms with Crippen LogP contribution < -0.4 is 5.32 Å². The average molecular weight is 263 g/mol. The number of ether oxygens (including phenoxy) is 2. The number of hydrogen-bond acceptors (Lipinski definition) is 3. The Bertz CT molecular complexity index is 245. The highest BCUT2D eigenvalue weighted by atomic mass is 19.3. The van der Waals surface area contributed by atoms with E-state index in [-0.39, 0.29) is 11.7 Å². The van der Waals surface area contributed by atoms with E-state index < -0.39 is 13.0 Å². The summed E-state index contributed by atoms with van der Waals surface area (Å²) in [4.78, 5) is 0. The zero-order chi connectivity index (χ0) is 12.8. The molecule has 0 aromatic rings. The first-order chi connectivity index (χ1) is 8.70. The summed E-state index contributed by atoms with van der Waals surface area (Å²) in [5.41, 5.74) is 0.179. The quantitative estimate of drug-likeness (QED) is 0.715. The molecule has 0 amide bonds. The Hall–Kier alpha value is -0.260. The third-order valence-electron chi connectivity index (χ3n) is 3.89. The Balaban J connectivity index is 1.50. The lowest BCUT2D eigenvalue weighted by molar-refractivity contribution is -0.0360. The van der Waals surface area contributed by atoms with E-state index in [0.717, 1.165) is 13.0 Å². The van der Waals surface area contributed by atoms with Gasteiger partial charge in [0.15, 0.2) is 0 Å². The van der Waals surface area contributed by atoms with E-state index in [9.17, 15) is 8.78 Å². The van der Waals surface area contributed by atoms with Crippen LogP contribution in [-0.2, 0) is 9.47 Å². The van der Waals surface area contributed by atoms with Gasteiger partial charge in [-0.3, -0.25) is 0 Å². The van der Waals surface area contributed by atoms with Crippen molar-refractivity contribution >= 4 is 0 Å². The van der Waals surface area contributed by atoms with E-state index in [1.54, 1.807) is 0 Å². The molecule has 1 saturated heterocycles. The highest BCUT2D eigenvalue weighted by molar-refractivity contribution is 4.93. The second-order valence-electron chi connectivity index (χ2n) is 5.34. The van der Waals surface area contributed by atoms with Gasteiger partial charge in [0.2, 0.25) is 0 Å². The van der Waals surface area contributed by atoms with Crippen LogP contribution in [0.2, 0.25) is 0 Å². The van der Waals surface area contributed by atoms with Crippen LogP contribution in [0.4, 0.5) is 8.78 Å². The fraction of sp³-hybridized carbons (Fsp3) is 1.00. The Labute approximate surface area is 107 Å². The zero-order valence-corrected chi connectivity index (χ0v) is 10.8. The molecule has 1 aliphatic heterocycles. The average Bonchev–Trinajstić information content (AvgIpc) is 2.95. The van der Waals surface area contributed by atoms with Crippen LogP contribution in [-0.4, -0.2) is 44.4 Å². The molecule has 1 saturated carbocycles. The van der Waals surface area contributed by atoms with Crippen molar-refractivity contribution in [2.24, 2.45) is 0 Å². The van der Waals surface area contributed by atoms with Crippen molar-refractivity contribution in [3.05, 3.63) is 0 Å². The molecule has 1 unspecified atom stereocenters. The molecule has 1 N–H and O–H groups in total. The lowest BCUT2D eigenvalue weighted by atomic mass is 9.98. The third kappa shape index (κ3) is 4.14. The minimum absolute atomic E-state index is 0.179. The number of alkyl halides is 2. The fourth-order valence-electron chi connectivity index (χ4n) is 3.01. The molecule has 3 nitrogen and oxygen atoms in total. The molecule has 2 rings (SSSR count). The fourth-order valence-corrected chi connectivity index (χ4v) is 3.01. The van der Waals surface area contributed by atoms with Crippen molar-refractivity contribution in [3.8, 4) is 0 Å². The van der Waals surface area contributed by atoms with E-state index in [0.29, 0.717) is 13.2 Å². The van der Waals surface area contributed by atoms with Gasteiger partial charge < -0.3 is 14.8 Å². The van der Waals surface area contributed by atoms with Crippen LogP contribution in [0.25, 0.3) is 0 Å². The zero-order valence-electron chi connectivity index (χ0n) is 10.8. The number of rotatable bonds is 7. The van der Waals surface area contributed by atoms with Crippen LogP contribution >= 0.6 is 0 Å². The highest BCUT2D eigenvalue weighted by Gasteiger charge is 2.41. The van der Waals surface area contributed by atoms with Crippen LogP contribution in [0.15, 0.2) is 0 Å². The molecular weight excluding hydrogens is 240 g/mol. The molecule has 1 spiro atoms. The van der Waals surface area contributed by atoms with Gasteiger partial charge in [0.1, 0.15) is 6.61 Å². The minimum Gasteiger partial charge on any atom is -0.374 e. The first-order valence-corrected chi connectivity index (χ1v) is 6.95. The Morgan fingerprint density at radius 3 is 2.78 bits per heavy atom. The molecular formula is C13H23F2NO2. The standard InChI is InChI=1S/C13H23F2NO2/c14-12(15)10-17-8-7-16-9-11-3-6-13(18-11)4-1-2-5-13/h11-12,16H,1-10H2. The number of halogens is 2. The molecule has 1 heterocycles. The van der Waals surface area contributed by atoms with Crippen LogP contribution in [0.5, 0.6) is 0 Å². The molecule has 1 aliphatic carbocycles. The van der Waals surface area contributed by atoms with Crippen LogP contribution in [0, 0.1) is 0 Å². The lowest BCUT2D eigenvalue weighted by Gasteiger charge is -2.23. The molecule has 0 radical (unpaired) electrons. The summed E-state index contributed by atoms with van der Waals surface area (Å²) >= 11 is 0. The summed E-state index contributed by atoms with van der Waals surface area (Å²) in [7, 11) is 0. The number of nitrogens with one attached hydrogen (secondary N) is 1. The second kappa shape index (κ2) is 6.78. The van der Waals surface area contributed by atoms with Gasteiger partial charge in [0.25, 0.3) is 6.43 Å². The summed E-state index contributed by atoms with van der Waals surface area (Å²) in [6.45, 7) is 1.28. The van der Waals surface area contributed by atoms with Crippen molar-refractivity contribution in [1.82, 2.24) is 5.32 Å². The normalized spacial score (nSPS) is 26.5. The van der Waals surface area contributed by atoms with Gasteiger partial charge >= 0.3 is 0 Å². The van der Waals surface area contributed by atoms with E-state index >= 15 is 0 Å². The summed E-state index contributed by atoms with van der Waals surface area (Å²) in [5.74, 6) is 0. The first-order valence-electron chi connectivity index (χ1n) is 6.95. The topological polar surface area (TPSA) is 30.5 Å². The van der Waals surface area contributed by atoms with Gasteiger partial charge in [-0.1, -0.05) is 12.8 Å². The Morgan fingerprint density at radius 2 is 2.06 bits per heavy atom. The monoisotopic (exact) mass is 263 g/mol. The van der Waals surface area contributed by atoms with E-state index in [1.165, 1.54) is 32.1 Å². The Kier molecular flexibility index (Phi) is 5.33. The predicted molar refractivity (Wildman–Crippen MR) is 65.0 cm³/mol. The van der Waals surface area contributed by atoms with Gasteiger partial charge in [-0.05, 0) is 25.7 Å². The molecule has 0 aromatic carbocycles. The largest absolute Gasteiger partial charge is 0.374 e. The third-order valence-corrected chi connectivity index (χ3v) is 3.89. The van der Waals surface area contributed by atoms with Crippen LogP contribution in [0.1, 0.15) is 38.5 Å². The molecule has 1 atom stereocenters. The smallest absolute Gasteiger partial charge is 0.261 e. The molecule has 106 valence electrons. The van der Waals surface area contributed by atoms with Crippen molar-refractivity contribution < 1.29 is 18.3 Å². The number of hydrogen-bond donors (Lipinski definition) is 1. The van der Waals surface area contributed by atoms with Gasteiger partial charge in [0.05, 0.1) is 18.3 Å². The summed E-state index contributed by atoms with van der Waals surface area (Å²) < 4.78 is 34.5. The van der Waals surface area contributed by atoms with Crippen molar-refractivity contribution in [2.45, 2.75) is 56.7 Å². The molecule has 0 bridgehead atoms. The van der Waals surface area contributed by atoms with Gasteiger partial charge in [0, 0.05) is 13.1 Å². The summed E-state index contributed by atoms with van der Waals surface area (Å²) in [6.07, 6.45) is 5.22. The molecule has 0 aromatic heterocycles. The summed E-state index contributed by atoms with van der Waals surface area (Å²) in [6, 6.07) is 0. The minimum atomic E-state index is -2.37. The van der Waals surface area contributed by atoms with Gasteiger partial charge in [-0.2, -0.15) is 0 Å². The van der Waals surface area contributed by atoms with E-state index in [4.69, 9.17) is 9.47 Å². The molecule has 2 fully saturated rings. The van der Waals surface area contributed by atoms with E-state index in [2.05, 4.69) is 5.32 Å². The molecule has 2 aliphatic rings. The maximum absolute atomic E-state index is 11.8. The Morgan fingerprint density at radius 1 is 1.28 bits per heavy atom. The highest BCUT2D eigenvalue weighted by Crippen LogP contribution is 2.43. The van der Waals surface area contributed by atoms with Gasteiger partial charge in [-0.25, -0.2) is 8.78 Å². The predicted octanol–water partition coefficient (Wildman–Crippen LogP) is 2.35.